The fraction of sp³-hybridized carbons (Fsp3) is 0.227. The van der Waals surface area contributed by atoms with Crippen LogP contribution in [0.25, 0.3) is 10.9 Å². The maximum absolute atomic E-state index is 13.3. The van der Waals surface area contributed by atoms with Crippen LogP contribution < -0.4 is 10.2 Å². The van der Waals surface area contributed by atoms with Crippen molar-refractivity contribution >= 4 is 34.2 Å². The molecule has 0 bridgehead atoms. The second-order valence-electron chi connectivity index (χ2n) is 6.92. The Bertz CT molecular complexity index is 1100. The van der Waals surface area contributed by atoms with Gasteiger partial charge >= 0.3 is 0 Å². The first-order chi connectivity index (χ1) is 13.5. The Morgan fingerprint density at radius 1 is 1.11 bits per heavy atom. The van der Waals surface area contributed by atoms with E-state index in [1.807, 2.05) is 43.3 Å². The Kier molecular flexibility index (Phi) is 4.47. The molecule has 1 aliphatic rings. The monoisotopic (exact) mass is 375 g/mol. The van der Waals surface area contributed by atoms with Crippen LogP contribution in [-0.4, -0.2) is 35.2 Å². The van der Waals surface area contributed by atoms with Gasteiger partial charge in [0.1, 0.15) is 6.04 Å². The number of fused-ring (bicyclic) bond motifs is 2. The smallest absolute Gasteiger partial charge is 0.300 e. The Balaban J connectivity index is 1.76. The number of amides is 2. The molecule has 0 spiro atoms. The number of nitrogens with one attached hydrogen (secondary N) is 2. The van der Waals surface area contributed by atoms with Gasteiger partial charge in [0.2, 0.25) is 5.91 Å². The predicted octanol–water partition coefficient (Wildman–Crippen LogP) is 2.75. The number of carbonyl (C=O) groups excluding carboxylic acids is 3. The topological polar surface area (TPSA) is 82.3 Å². The van der Waals surface area contributed by atoms with Crippen molar-refractivity contribution in [1.82, 2.24) is 10.3 Å². The molecule has 3 aromatic rings. The molecule has 4 rings (SSSR count). The summed E-state index contributed by atoms with van der Waals surface area (Å²) in [6, 6.07) is 14.0. The van der Waals surface area contributed by atoms with Crippen LogP contribution in [0.15, 0.2) is 48.5 Å². The highest BCUT2D eigenvalue weighted by Crippen LogP contribution is 2.33. The molecule has 0 fully saturated rings. The summed E-state index contributed by atoms with van der Waals surface area (Å²) in [6.07, 6.45) is 0.397. The minimum Gasteiger partial charge on any atom is -0.358 e. The molecular weight excluding hydrogens is 354 g/mol. The van der Waals surface area contributed by atoms with Gasteiger partial charge in [-0.05, 0) is 31.5 Å². The van der Waals surface area contributed by atoms with Crippen LogP contribution >= 0.6 is 0 Å². The number of carbonyl (C=O) groups is 3. The van der Waals surface area contributed by atoms with Crippen LogP contribution in [0.1, 0.15) is 28.5 Å². The van der Waals surface area contributed by atoms with Crippen molar-refractivity contribution in [2.45, 2.75) is 26.3 Å². The van der Waals surface area contributed by atoms with Crippen molar-refractivity contribution in [3.05, 3.63) is 65.4 Å². The zero-order valence-electron chi connectivity index (χ0n) is 15.8. The number of aromatic nitrogens is 1. The number of anilines is 1. The molecule has 2 amide bonds. The lowest BCUT2D eigenvalue weighted by Crippen LogP contribution is -2.50. The summed E-state index contributed by atoms with van der Waals surface area (Å²) in [5, 5.41) is 3.48. The number of likely N-dealkylation sites (N-methyl/N-ethyl adjacent to an activating group) is 1. The zero-order valence-corrected chi connectivity index (χ0v) is 15.8. The van der Waals surface area contributed by atoms with Crippen molar-refractivity contribution in [1.29, 1.82) is 0 Å². The first-order valence-corrected chi connectivity index (χ1v) is 9.33. The maximum atomic E-state index is 13.3. The van der Waals surface area contributed by atoms with Gasteiger partial charge in [0.15, 0.2) is 0 Å². The van der Waals surface area contributed by atoms with E-state index in [9.17, 15) is 14.4 Å². The van der Waals surface area contributed by atoms with E-state index < -0.39 is 17.7 Å². The number of hydrogen-bond acceptors (Lipinski definition) is 3. The summed E-state index contributed by atoms with van der Waals surface area (Å²) in [5.41, 5.74) is 3.31. The van der Waals surface area contributed by atoms with Crippen LogP contribution in [0.3, 0.4) is 0 Å². The Labute approximate surface area is 162 Å². The third-order valence-corrected chi connectivity index (χ3v) is 5.16. The third kappa shape index (κ3) is 2.78. The minimum atomic E-state index is -0.723. The molecular formula is C22H21N3O3. The lowest BCUT2D eigenvalue weighted by Gasteiger charge is -2.24. The lowest BCUT2D eigenvalue weighted by atomic mass is 10.0. The SMILES string of the molecule is CCNC(=O)[C@H]1Cc2ccccc2N1C(=O)C(=O)c1c(C)[nH]c2ccccc12. The third-order valence-electron chi connectivity index (χ3n) is 5.16. The van der Waals surface area contributed by atoms with E-state index in [0.717, 1.165) is 11.1 Å². The molecule has 1 aliphatic heterocycles. The van der Waals surface area contributed by atoms with Gasteiger partial charge in [-0.25, -0.2) is 0 Å². The summed E-state index contributed by atoms with van der Waals surface area (Å²) in [7, 11) is 0. The number of para-hydroxylation sites is 2. The molecule has 6 nitrogen and oxygen atoms in total. The highest BCUT2D eigenvalue weighted by Gasteiger charge is 2.41. The van der Waals surface area contributed by atoms with Gasteiger partial charge in [0, 0.05) is 35.2 Å². The first kappa shape index (κ1) is 18.0. The first-order valence-electron chi connectivity index (χ1n) is 9.33. The van der Waals surface area contributed by atoms with E-state index in [-0.39, 0.29) is 5.91 Å². The molecule has 2 heterocycles. The lowest BCUT2D eigenvalue weighted by molar-refractivity contribution is -0.124. The van der Waals surface area contributed by atoms with Gasteiger partial charge < -0.3 is 10.3 Å². The van der Waals surface area contributed by atoms with Crippen molar-refractivity contribution in [3.8, 4) is 0 Å². The molecule has 0 saturated heterocycles. The van der Waals surface area contributed by atoms with E-state index in [0.29, 0.717) is 35.3 Å². The quantitative estimate of drug-likeness (QED) is 0.543. The largest absolute Gasteiger partial charge is 0.358 e. The van der Waals surface area contributed by atoms with Crippen LogP contribution in [0, 0.1) is 6.92 Å². The molecule has 0 unspecified atom stereocenters. The van der Waals surface area contributed by atoms with E-state index in [2.05, 4.69) is 10.3 Å². The van der Waals surface area contributed by atoms with Gasteiger partial charge in [-0.3, -0.25) is 19.3 Å². The molecule has 0 saturated carbocycles. The van der Waals surface area contributed by atoms with Gasteiger partial charge in [-0.1, -0.05) is 36.4 Å². The summed E-state index contributed by atoms with van der Waals surface area (Å²) < 4.78 is 0. The van der Waals surface area contributed by atoms with Gasteiger partial charge in [0.25, 0.3) is 11.7 Å². The van der Waals surface area contributed by atoms with Crippen molar-refractivity contribution < 1.29 is 14.4 Å². The number of ketones is 1. The van der Waals surface area contributed by atoms with Gasteiger partial charge in [-0.2, -0.15) is 0 Å². The molecule has 1 aromatic heterocycles. The molecule has 0 aliphatic carbocycles. The van der Waals surface area contributed by atoms with E-state index in [1.54, 1.807) is 19.1 Å². The van der Waals surface area contributed by atoms with Crippen LogP contribution in [0.5, 0.6) is 0 Å². The van der Waals surface area contributed by atoms with Crippen LogP contribution in [0.4, 0.5) is 5.69 Å². The Hall–Kier alpha value is -3.41. The highest BCUT2D eigenvalue weighted by molar-refractivity contribution is 6.50. The number of aryl methyl sites for hydroxylation is 1. The number of benzene rings is 2. The average molecular weight is 375 g/mol. The predicted molar refractivity (Wildman–Crippen MR) is 107 cm³/mol. The number of rotatable bonds is 4. The van der Waals surface area contributed by atoms with E-state index >= 15 is 0 Å². The number of H-pyrrole nitrogens is 1. The van der Waals surface area contributed by atoms with Crippen molar-refractivity contribution in [2.75, 3.05) is 11.4 Å². The fourth-order valence-corrected chi connectivity index (χ4v) is 3.92. The average Bonchev–Trinajstić information content (AvgIpc) is 3.24. The number of Topliss-reactive ketones (excluding diaryl/α,β-unsaturated/α-hetero) is 1. The van der Waals surface area contributed by atoms with E-state index in [4.69, 9.17) is 0 Å². The summed E-state index contributed by atoms with van der Waals surface area (Å²) >= 11 is 0. The second kappa shape index (κ2) is 6.96. The molecule has 2 aromatic carbocycles. The molecule has 6 heteroatoms. The molecule has 0 radical (unpaired) electrons. The minimum absolute atomic E-state index is 0.254. The Morgan fingerprint density at radius 3 is 2.61 bits per heavy atom. The number of hydrogen-bond donors (Lipinski definition) is 2. The van der Waals surface area contributed by atoms with Crippen LogP contribution in [0.2, 0.25) is 0 Å². The van der Waals surface area contributed by atoms with Crippen molar-refractivity contribution in [3.63, 3.8) is 0 Å². The summed E-state index contributed by atoms with van der Waals surface area (Å²) in [5.74, 6) is -1.55. The standard InChI is InChI=1S/C22H21N3O3/c1-3-23-21(27)18-12-14-8-4-7-11-17(14)25(18)22(28)20(26)19-13(2)24-16-10-6-5-9-15(16)19/h4-11,18,24H,3,12H2,1-2H3,(H,23,27)/t18-/m1/s1. The summed E-state index contributed by atoms with van der Waals surface area (Å²) in [6.45, 7) is 4.07. The number of nitrogens with zero attached hydrogens (tertiary/aromatic N) is 1. The summed E-state index contributed by atoms with van der Waals surface area (Å²) in [4.78, 5) is 43.6. The van der Waals surface area contributed by atoms with Gasteiger partial charge in [-0.15, -0.1) is 0 Å². The second-order valence-corrected chi connectivity index (χ2v) is 6.92. The van der Waals surface area contributed by atoms with Crippen molar-refractivity contribution in [2.24, 2.45) is 0 Å². The molecule has 142 valence electrons. The highest BCUT2D eigenvalue weighted by atomic mass is 16.2. The normalized spacial score (nSPS) is 15.5. The van der Waals surface area contributed by atoms with Gasteiger partial charge in [0.05, 0.1) is 5.56 Å². The maximum Gasteiger partial charge on any atom is 0.300 e. The number of aromatic amines is 1. The molecule has 1 atom stereocenters. The molecule has 2 N–H and O–H groups in total. The molecule has 28 heavy (non-hydrogen) atoms. The zero-order chi connectivity index (χ0) is 19.8. The van der Waals surface area contributed by atoms with E-state index in [1.165, 1.54) is 4.90 Å². The van der Waals surface area contributed by atoms with Crippen LogP contribution in [-0.2, 0) is 16.0 Å². The fourth-order valence-electron chi connectivity index (χ4n) is 3.92. The Morgan fingerprint density at radius 2 is 1.82 bits per heavy atom.